The van der Waals surface area contributed by atoms with Crippen LogP contribution in [0.5, 0.6) is 5.75 Å². The zero-order valence-electron chi connectivity index (χ0n) is 16.8. The molecule has 7 nitrogen and oxygen atoms in total. The van der Waals surface area contributed by atoms with Gasteiger partial charge in [-0.2, -0.15) is 0 Å². The molecule has 0 saturated heterocycles. The number of ether oxygens (including phenoxy) is 1. The van der Waals surface area contributed by atoms with Gasteiger partial charge in [-0.05, 0) is 50.6 Å². The molecule has 2 aromatic carbocycles. The van der Waals surface area contributed by atoms with Crippen molar-refractivity contribution in [3.63, 3.8) is 0 Å². The van der Waals surface area contributed by atoms with Crippen LogP contribution in [0.3, 0.4) is 0 Å². The van der Waals surface area contributed by atoms with E-state index in [1.807, 2.05) is 45.0 Å². The standard InChI is InChI=1S/C22H25N3O4/c1-14(2)29-17-10-8-16(9-11-17)15(3)23-20(26)12-13-25-19-7-5-4-6-18(19)21(27)24-22(25)28/h4-11,14-15H,12-13H2,1-3H3,(H,23,26)(H,24,27,28). The molecule has 0 fully saturated rings. The van der Waals surface area contributed by atoms with Crippen LogP contribution in [0.15, 0.2) is 58.1 Å². The first kappa shape index (κ1) is 20.4. The van der Waals surface area contributed by atoms with Gasteiger partial charge in [-0.25, -0.2) is 4.79 Å². The molecule has 0 aliphatic carbocycles. The number of nitrogens with one attached hydrogen (secondary N) is 2. The lowest BCUT2D eigenvalue weighted by Crippen LogP contribution is -2.33. The van der Waals surface area contributed by atoms with E-state index in [0.717, 1.165) is 11.3 Å². The number of aryl methyl sites for hydroxylation is 1. The molecule has 1 unspecified atom stereocenters. The number of rotatable bonds is 7. The van der Waals surface area contributed by atoms with Crippen LogP contribution >= 0.6 is 0 Å². The minimum atomic E-state index is -0.518. The second-order valence-corrected chi connectivity index (χ2v) is 7.20. The maximum absolute atomic E-state index is 12.4. The molecule has 1 aromatic heterocycles. The number of amides is 1. The fourth-order valence-corrected chi connectivity index (χ4v) is 3.18. The van der Waals surface area contributed by atoms with Gasteiger partial charge in [-0.1, -0.05) is 24.3 Å². The van der Waals surface area contributed by atoms with Gasteiger partial charge in [0.1, 0.15) is 5.75 Å². The Morgan fingerprint density at radius 1 is 1.07 bits per heavy atom. The average Bonchev–Trinajstić information content (AvgIpc) is 2.68. The van der Waals surface area contributed by atoms with Crippen LogP contribution in [0.1, 0.15) is 38.8 Å². The van der Waals surface area contributed by atoms with Crippen LogP contribution in [-0.2, 0) is 11.3 Å². The van der Waals surface area contributed by atoms with Crippen LogP contribution in [-0.4, -0.2) is 21.6 Å². The summed E-state index contributed by atoms with van der Waals surface area (Å²) in [6.45, 7) is 6.01. The van der Waals surface area contributed by atoms with Crippen molar-refractivity contribution in [1.82, 2.24) is 14.9 Å². The Bertz CT molecular complexity index is 1110. The Kier molecular flexibility index (Phi) is 6.16. The molecule has 1 amide bonds. The van der Waals surface area contributed by atoms with Gasteiger partial charge in [0.2, 0.25) is 5.91 Å². The summed E-state index contributed by atoms with van der Waals surface area (Å²) >= 11 is 0. The topological polar surface area (TPSA) is 93.2 Å². The van der Waals surface area contributed by atoms with E-state index in [-0.39, 0.29) is 31.0 Å². The van der Waals surface area contributed by atoms with E-state index in [4.69, 9.17) is 4.74 Å². The lowest BCUT2D eigenvalue weighted by molar-refractivity contribution is -0.121. The number of para-hydroxylation sites is 1. The highest BCUT2D eigenvalue weighted by molar-refractivity contribution is 5.79. The fraction of sp³-hybridized carbons (Fsp3) is 0.318. The molecule has 2 N–H and O–H groups in total. The van der Waals surface area contributed by atoms with Gasteiger partial charge < -0.3 is 10.1 Å². The van der Waals surface area contributed by atoms with E-state index in [1.165, 1.54) is 4.57 Å². The van der Waals surface area contributed by atoms with Crippen LogP contribution in [0, 0.1) is 0 Å². The number of aromatic amines is 1. The van der Waals surface area contributed by atoms with Crippen molar-refractivity contribution in [2.45, 2.75) is 45.9 Å². The minimum absolute atomic E-state index is 0.102. The molecule has 29 heavy (non-hydrogen) atoms. The Balaban J connectivity index is 1.65. The highest BCUT2D eigenvalue weighted by Gasteiger charge is 2.12. The van der Waals surface area contributed by atoms with Crippen molar-refractivity contribution < 1.29 is 9.53 Å². The van der Waals surface area contributed by atoms with Gasteiger partial charge in [-0.3, -0.25) is 19.1 Å². The second-order valence-electron chi connectivity index (χ2n) is 7.20. The largest absolute Gasteiger partial charge is 0.491 e. The third-order valence-corrected chi connectivity index (χ3v) is 4.60. The van der Waals surface area contributed by atoms with E-state index >= 15 is 0 Å². The molecule has 1 heterocycles. The van der Waals surface area contributed by atoms with Gasteiger partial charge in [0.15, 0.2) is 0 Å². The molecular formula is C22H25N3O4. The minimum Gasteiger partial charge on any atom is -0.491 e. The summed E-state index contributed by atoms with van der Waals surface area (Å²) in [7, 11) is 0. The van der Waals surface area contributed by atoms with Crippen LogP contribution < -0.4 is 21.3 Å². The maximum atomic E-state index is 12.4. The van der Waals surface area contributed by atoms with Gasteiger partial charge in [-0.15, -0.1) is 0 Å². The summed E-state index contributed by atoms with van der Waals surface area (Å²) in [5.41, 5.74) is 0.532. The summed E-state index contributed by atoms with van der Waals surface area (Å²) in [6, 6.07) is 14.3. The summed E-state index contributed by atoms with van der Waals surface area (Å²) < 4.78 is 7.04. The first-order valence-electron chi connectivity index (χ1n) is 9.63. The van der Waals surface area contributed by atoms with Crippen molar-refractivity contribution in [2.24, 2.45) is 0 Å². The first-order chi connectivity index (χ1) is 13.8. The summed E-state index contributed by atoms with van der Waals surface area (Å²) in [4.78, 5) is 38.8. The van der Waals surface area contributed by atoms with E-state index in [2.05, 4.69) is 10.3 Å². The van der Waals surface area contributed by atoms with Crippen molar-refractivity contribution in [3.05, 3.63) is 74.9 Å². The molecule has 0 aliphatic heterocycles. The average molecular weight is 395 g/mol. The van der Waals surface area contributed by atoms with E-state index in [9.17, 15) is 14.4 Å². The third-order valence-electron chi connectivity index (χ3n) is 4.60. The fourth-order valence-electron chi connectivity index (χ4n) is 3.18. The van der Waals surface area contributed by atoms with Crippen LogP contribution in [0.25, 0.3) is 10.9 Å². The Morgan fingerprint density at radius 3 is 2.45 bits per heavy atom. The molecule has 0 saturated carbocycles. The van der Waals surface area contributed by atoms with Crippen molar-refractivity contribution >= 4 is 16.8 Å². The predicted octanol–water partition coefficient (Wildman–Crippen LogP) is 2.74. The molecule has 0 spiro atoms. The number of carbonyl (C=O) groups excluding carboxylic acids is 1. The number of benzene rings is 2. The predicted molar refractivity (Wildman–Crippen MR) is 112 cm³/mol. The number of carbonyl (C=O) groups is 1. The van der Waals surface area contributed by atoms with Crippen molar-refractivity contribution in [1.29, 1.82) is 0 Å². The number of hydrogen-bond donors (Lipinski definition) is 2. The van der Waals surface area contributed by atoms with Crippen molar-refractivity contribution in [3.8, 4) is 5.75 Å². The number of hydrogen-bond acceptors (Lipinski definition) is 4. The lowest BCUT2D eigenvalue weighted by Gasteiger charge is -2.16. The number of H-pyrrole nitrogens is 1. The molecular weight excluding hydrogens is 370 g/mol. The molecule has 7 heteroatoms. The van der Waals surface area contributed by atoms with Gasteiger partial charge in [0, 0.05) is 13.0 Å². The van der Waals surface area contributed by atoms with Crippen molar-refractivity contribution in [2.75, 3.05) is 0 Å². The van der Waals surface area contributed by atoms with E-state index in [0.29, 0.717) is 10.9 Å². The number of aromatic nitrogens is 2. The molecule has 152 valence electrons. The summed E-state index contributed by atoms with van der Waals surface area (Å²) in [6.07, 6.45) is 0.222. The maximum Gasteiger partial charge on any atom is 0.328 e. The summed E-state index contributed by atoms with van der Waals surface area (Å²) in [5, 5.41) is 3.36. The molecule has 0 radical (unpaired) electrons. The highest BCUT2D eigenvalue weighted by Crippen LogP contribution is 2.18. The molecule has 0 bridgehead atoms. The van der Waals surface area contributed by atoms with Gasteiger partial charge in [0.05, 0.1) is 23.0 Å². The monoisotopic (exact) mass is 395 g/mol. The quantitative estimate of drug-likeness (QED) is 0.643. The molecule has 0 aliphatic rings. The Hall–Kier alpha value is -3.35. The Morgan fingerprint density at radius 2 is 1.76 bits per heavy atom. The molecule has 3 rings (SSSR count). The lowest BCUT2D eigenvalue weighted by atomic mass is 10.1. The van der Waals surface area contributed by atoms with Gasteiger partial charge >= 0.3 is 5.69 Å². The van der Waals surface area contributed by atoms with Crippen LogP contribution in [0.2, 0.25) is 0 Å². The second kappa shape index (κ2) is 8.77. The van der Waals surface area contributed by atoms with Gasteiger partial charge in [0.25, 0.3) is 5.56 Å². The third kappa shape index (κ3) is 4.93. The van der Waals surface area contributed by atoms with Crippen LogP contribution in [0.4, 0.5) is 0 Å². The number of nitrogens with zero attached hydrogens (tertiary/aromatic N) is 1. The molecule has 1 atom stereocenters. The normalized spacial score (nSPS) is 12.1. The smallest absolute Gasteiger partial charge is 0.328 e. The highest BCUT2D eigenvalue weighted by atomic mass is 16.5. The zero-order chi connectivity index (χ0) is 21.0. The zero-order valence-corrected chi connectivity index (χ0v) is 16.8. The summed E-state index contributed by atoms with van der Waals surface area (Å²) in [5.74, 6) is 0.605. The first-order valence-corrected chi connectivity index (χ1v) is 9.63. The number of fused-ring (bicyclic) bond motifs is 1. The molecule has 3 aromatic rings. The Labute approximate surface area is 168 Å². The van der Waals surface area contributed by atoms with E-state index < -0.39 is 11.2 Å². The van der Waals surface area contributed by atoms with E-state index in [1.54, 1.807) is 24.3 Å². The SMILES string of the molecule is CC(C)Oc1ccc(C(C)NC(=O)CCn2c(=O)[nH]c(=O)c3ccccc32)cc1.